The molecule has 1 N–H and O–H groups in total. The van der Waals surface area contributed by atoms with E-state index in [4.69, 9.17) is 4.74 Å². The summed E-state index contributed by atoms with van der Waals surface area (Å²) in [4.78, 5) is 38.0. The third-order valence-electron chi connectivity index (χ3n) is 5.22. The minimum absolute atomic E-state index is 0.0572. The molecule has 29 heavy (non-hydrogen) atoms. The third-order valence-corrected chi connectivity index (χ3v) is 5.22. The van der Waals surface area contributed by atoms with Gasteiger partial charge < -0.3 is 9.64 Å². The fourth-order valence-corrected chi connectivity index (χ4v) is 3.78. The molecule has 3 aliphatic rings. The van der Waals surface area contributed by atoms with Crippen LogP contribution in [0, 0.1) is 5.92 Å². The topological polar surface area (TPSA) is 86.6 Å². The first-order valence-corrected chi connectivity index (χ1v) is 10.1. The number of carbonyl (C=O) groups excluding carboxylic acids is 2. The average Bonchev–Trinajstić information content (AvgIpc) is 3.17. The molecule has 0 aromatic heterocycles. The number of rotatable bonds is 1. The second-order valence-electron chi connectivity index (χ2n) is 8.54. The van der Waals surface area contributed by atoms with Crippen molar-refractivity contribution in [2.45, 2.75) is 39.2 Å². The smallest absolute Gasteiger partial charge is 0.410 e. The predicted molar refractivity (Wildman–Crippen MR) is 110 cm³/mol. The van der Waals surface area contributed by atoms with Crippen LogP contribution in [-0.2, 0) is 9.53 Å². The van der Waals surface area contributed by atoms with Gasteiger partial charge in [0.25, 0.3) is 0 Å². The van der Waals surface area contributed by atoms with Crippen LogP contribution in [0.25, 0.3) is 0 Å². The lowest BCUT2D eigenvalue weighted by molar-refractivity contribution is -0.125. The molecule has 0 unspecified atom stereocenters. The van der Waals surface area contributed by atoms with Crippen LogP contribution in [0.15, 0.2) is 34.3 Å². The number of hydrogen-bond donors (Lipinski definition) is 1. The van der Waals surface area contributed by atoms with Gasteiger partial charge in [-0.05, 0) is 45.7 Å². The summed E-state index contributed by atoms with van der Waals surface area (Å²) < 4.78 is 5.42. The number of nitrogens with zero attached hydrogens (tertiary/aromatic N) is 4. The number of fused-ring (bicyclic) bond motifs is 3. The van der Waals surface area contributed by atoms with Crippen LogP contribution >= 0.6 is 0 Å². The van der Waals surface area contributed by atoms with Crippen LogP contribution in [0.2, 0.25) is 0 Å². The first kappa shape index (κ1) is 19.4. The number of nitrogens with one attached hydrogen (secondary N) is 1. The van der Waals surface area contributed by atoms with E-state index in [1.54, 1.807) is 4.90 Å². The van der Waals surface area contributed by atoms with Crippen molar-refractivity contribution < 1.29 is 14.3 Å². The molecule has 0 radical (unpaired) electrons. The largest absolute Gasteiger partial charge is 0.444 e. The SMILES string of the molecule is CC(C)(C)OC(=O)N1CCC(C(=O)NC2=Nc3ccccc3C3=NCCN23)CC1. The molecule has 0 saturated carbocycles. The number of carbonyl (C=O) groups is 2. The number of benzene rings is 1. The Kier molecular flexibility index (Phi) is 5.02. The van der Waals surface area contributed by atoms with Crippen molar-refractivity contribution in [2.75, 3.05) is 26.2 Å². The summed E-state index contributed by atoms with van der Waals surface area (Å²) in [5.74, 6) is 1.19. The molecule has 0 bridgehead atoms. The Morgan fingerprint density at radius 2 is 1.86 bits per heavy atom. The molecule has 4 rings (SSSR count). The highest BCUT2D eigenvalue weighted by molar-refractivity contribution is 6.18. The van der Waals surface area contributed by atoms with Crippen molar-refractivity contribution in [3.8, 4) is 0 Å². The summed E-state index contributed by atoms with van der Waals surface area (Å²) >= 11 is 0. The van der Waals surface area contributed by atoms with Crippen LogP contribution in [0.4, 0.5) is 10.5 Å². The zero-order valence-corrected chi connectivity index (χ0v) is 17.1. The molecule has 1 saturated heterocycles. The van der Waals surface area contributed by atoms with E-state index >= 15 is 0 Å². The summed E-state index contributed by atoms with van der Waals surface area (Å²) in [6.07, 6.45) is 0.897. The molecule has 1 fully saturated rings. The van der Waals surface area contributed by atoms with Gasteiger partial charge >= 0.3 is 6.09 Å². The standard InChI is InChI=1S/C21H27N5O3/c1-21(2,3)29-20(28)25-11-8-14(9-12-25)18(27)24-19-23-16-7-5-4-6-15(16)17-22-10-13-26(17)19/h4-7,14H,8-13H2,1-3H3,(H,23,24,27). The summed E-state index contributed by atoms with van der Waals surface area (Å²) in [6.45, 7) is 7.97. The predicted octanol–water partition coefficient (Wildman–Crippen LogP) is 2.51. The molecule has 0 spiro atoms. The van der Waals surface area contributed by atoms with Crippen molar-refractivity contribution in [3.63, 3.8) is 0 Å². The summed E-state index contributed by atoms with van der Waals surface area (Å²) in [6, 6.07) is 7.83. The Balaban J connectivity index is 1.39. The Labute approximate surface area is 170 Å². The lowest BCUT2D eigenvalue weighted by Gasteiger charge is -2.33. The lowest BCUT2D eigenvalue weighted by Crippen LogP contribution is -2.51. The molecular weight excluding hydrogens is 370 g/mol. The van der Waals surface area contributed by atoms with Gasteiger partial charge in [0.2, 0.25) is 11.9 Å². The van der Waals surface area contributed by atoms with E-state index in [0.29, 0.717) is 45.0 Å². The molecule has 8 heteroatoms. The highest BCUT2D eigenvalue weighted by Crippen LogP contribution is 2.28. The Morgan fingerprint density at radius 1 is 1.14 bits per heavy atom. The van der Waals surface area contributed by atoms with E-state index in [-0.39, 0.29) is 17.9 Å². The fraction of sp³-hybridized carbons (Fsp3) is 0.524. The van der Waals surface area contributed by atoms with Crippen LogP contribution in [0.3, 0.4) is 0 Å². The van der Waals surface area contributed by atoms with Crippen molar-refractivity contribution in [3.05, 3.63) is 29.8 Å². The van der Waals surface area contributed by atoms with E-state index in [9.17, 15) is 9.59 Å². The van der Waals surface area contributed by atoms with Gasteiger partial charge in [-0.25, -0.2) is 9.79 Å². The number of amidine groups is 1. The van der Waals surface area contributed by atoms with Gasteiger partial charge in [-0.2, -0.15) is 0 Å². The van der Waals surface area contributed by atoms with E-state index in [1.807, 2.05) is 49.9 Å². The molecule has 2 amide bonds. The van der Waals surface area contributed by atoms with E-state index in [2.05, 4.69) is 15.3 Å². The molecule has 8 nitrogen and oxygen atoms in total. The van der Waals surface area contributed by atoms with Gasteiger partial charge in [-0.1, -0.05) is 12.1 Å². The van der Waals surface area contributed by atoms with E-state index in [0.717, 1.165) is 17.1 Å². The molecule has 3 heterocycles. The van der Waals surface area contributed by atoms with Gasteiger partial charge in [0, 0.05) is 31.1 Å². The first-order chi connectivity index (χ1) is 13.8. The van der Waals surface area contributed by atoms with Crippen molar-refractivity contribution >= 4 is 29.5 Å². The van der Waals surface area contributed by atoms with Crippen LogP contribution in [0.1, 0.15) is 39.2 Å². The highest BCUT2D eigenvalue weighted by Gasteiger charge is 2.34. The highest BCUT2D eigenvalue weighted by atomic mass is 16.6. The number of aliphatic imine (C=N–C) groups is 2. The number of likely N-dealkylation sites (tertiary alicyclic amines) is 1. The average molecular weight is 397 g/mol. The molecule has 1 aromatic rings. The molecule has 1 aromatic carbocycles. The van der Waals surface area contributed by atoms with Gasteiger partial charge in [-0.15, -0.1) is 0 Å². The molecular formula is C21H27N5O3. The summed E-state index contributed by atoms with van der Waals surface area (Å²) in [7, 11) is 0. The minimum atomic E-state index is -0.518. The van der Waals surface area contributed by atoms with Crippen molar-refractivity contribution in [1.29, 1.82) is 0 Å². The number of amides is 2. The lowest BCUT2D eigenvalue weighted by atomic mass is 9.96. The summed E-state index contributed by atoms with van der Waals surface area (Å²) in [5, 5.41) is 3.00. The van der Waals surface area contributed by atoms with Crippen molar-refractivity contribution in [1.82, 2.24) is 15.1 Å². The summed E-state index contributed by atoms with van der Waals surface area (Å²) in [5.41, 5.74) is 1.29. The fourth-order valence-electron chi connectivity index (χ4n) is 3.78. The number of ether oxygens (including phenoxy) is 1. The Morgan fingerprint density at radius 3 is 2.59 bits per heavy atom. The van der Waals surface area contributed by atoms with Crippen LogP contribution < -0.4 is 5.32 Å². The van der Waals surface area contributed by atoms with Gasteiger partial charge in [-0.3, -0.25) is 20.0 Å². The maximum Gasteiger partial charge on any atom is 0.410 e. The Bertz CT molecular complexity index is 879. The third kappa shape index (κ3) is 4.11. The Hall–Kier alpha value is -2.90. The van der Waals surface area contributed by atoms with E-state index < -0.39 is 5.60 Å². The normalized spacial score (nSPS) is 19.1. The second kappa shape index (κ2) is 7.50. The van der Waals surface area contributed by atoms with E-state index in [1.165, 1.54) is 0 Å². The zero-order chi connectivity index (χ0) is 20.6. The molecule has 0 aliphatic carbocycles. The van der Waals surface area contributed by atoms with Crippen LogP contribution in [0.5, 0.6) is 0 Å². The molecule has 3 aliphatic heterocycles. The first-order valence-electron chi connectivity index (χ1n) is 10.1. The monoisotopic (exact) mass is 397 g/mol. The maximum atomic E-state index is 12.9. The number of para-hydroxylation sites is 1. The number of guanidine groups is 1. The van der Waals surface area contributed by atoms with Crippen LogP contribution in [-0.4, -0.2) is 65.4 Å². The van der Waals surface area contributed by atoms with Gasteiger partial charge in [0.05, 0.1) is 12.2 Å². The molecule has 154 valence electrons. The zero-order valence-electron chi connectivity index (χ0n) is 17.1. The minimum Gasteiger partial charge on any atom is -0.444 e. The van der Waals surface area contributed by atoms with Gasteiger partial charge in [0.1, 0.15) is 11.4 Å². The maximum absolute atomic E-state index is 12.9. The molecule has 0 atom stereocenters. The number of piperidine rings is 1. The number of hydrogen-bond acceptors (Lipinski definition) is 6. The quantitative estimate of drug-likeness (QED) is 0.789. The second-order valence-corrected chi connectivity index (χ2v) is 8.54. The van der Waals surface area contributed by atoms with Gasteiger partial charge in [0.15, 0.2) is 0 Å². The van der Waals surface area contributed by atoms with Crippen molar-refractivity contribution in [2.24, 2.45) is 15.9 Å².